The smallest absolute Gasteiger partial charge is 0.242 e. The first-order chi connectivity index (χ1) is 13.6. The molecule has 1 aliphatic rings. The molecule has 0 bridgehead atoms. The van der Waals surface area contributed by atoms with Crippen molar-refractivity contribution in [3.8, 4) is 11.5 Å². The van der Waals surface area contributed by atoms with Gasteiger partial charge in [-0.3, -0.25) is 14.3 Å². The first-order valence-electron chi connectivity index (χ1n) is 8.91. The van der Waals surface area contributed by atoms with E-state index in [1.807, 2.05) is 6.07 Å². The molecule has 1 N–H and O–H groups in total. The number of carbonyl (C=O) groups excluding carboxylic acids is 1. The van der Waals surface area contributed by atoms with Crippen molar-refractivity contribution >= 4 is 28.4 Å². The van der Waals surface area contributed by atoms with Gasteiger partial charge in [0.15, 0.2) is 11.5 Å². The highest BCUT2D eigenvalue weighted by atomic mass is 35.5. The predicted molar refractivity (Wildman–Crippen MR) is 105 cm³/mol. The number of aromatic nitrogens is 2. The molecule has 28 heavy (non-hydrogen) atoms. The van der Waals surface area contributed by atoms with Crippen LogP contribution < -0.4 is 20.2 Å². The Labute approximate surface area is 165 Å². The van der Waals surface area contributed by atoms with Crippen LogP contribution in [-0.4, -0.2) is 28.9 Å². The molecule has 1 aliphatic heterocycles. The van der Waals surface area contributed by atoms with Gasteiger partial charge in [0.1, 0.15) is 6.54 Å². The molecule has 3 aromatic rings. The van der Waals surface area contributed by atoms with Crippen LogP contribution in [0.5, 0.6) is 11.5 Å². The van der Waals surface area contributed by atoms with Gasteiger partial charge in [-0.2, -0.15) is 5.10 Å². The quantitative estimate of drug-likeness (QED) is 0.729. The lowest BCUT2D eigenvalue weighted by molar-refractivity contribution is -0.121. The average molecular weight is 400 g/mol. The Balaban J connectivity index is 1.47. The molecule has 0 saturated heterocycles. The molecule has 8 heteroatoms. The minimum Gasteiger partial charge on any atom is -0.489 e. The zero-order chi connectivity index (χ0) is 19.5. The van der Waals surface area contributed by atoms with E-state index in [-0.39, 0.29) is 24.4 Å². The largest absolute Gasteiger partial charge is 0.489 e. The second-order valence-corrected chi connectivity index (χ2v) is 6.82. The van der Waals surface area contributed by atoms with Crippen LogP contribution in [-0.2, 0) is 17.9 Å². The number of amides is 1. The zero-order valence-corrected chi connectivity index (χ0v) is 15.7. The molecule has 0 fully saturated rings. The number of carbonyl (C=O) groups is 1. The van der Waals surface area contributed by atoms with Crippen LogP contribution in [0, 0.1) is 0 Å². The summed E-state index contributed by atoms with van der Waals surface area (Å²) < 4.78 is 12.8. The van der Waals surface area contributed by atoms with E-state index >= 15 is 0 Å². The van der Waals surface area contributed by atoms with Gasteiger partial charge in [0, 0.05) is 18.4 Å². The summed E-state index contributed by atoms with van der Waals surface area (Å²) in [6.45, 7) is 1.40. The van der Waals surface area contributed by atoms with E-state index in [0.717, 1.165) is 12.0 Å². The summed E-state index contributed by atoms with van der Waals surface area (Å²) in [5, 5.41) is 7.90. The first-order valence-corrected chi connectivity index (χ1v) is 9.29. The lowest BCUT2D eigenvalue weighted by atomic mass is 10.2. The number of ether oxygens (including phenoxy) is 2. The maximum Gasteiger partial charge on any atom is 0.242 e. The topological polar surface area (TPSA) is 82.5 Å². The number of fused-ring (bicyclic) bond motifs is 2. The predicted octanol–water partition coefficient (Wildman–Crippen LogP) is 2.53. The van der Waals surface area contributed by atoms with Crippen LogP contribution in [0.1, 0.15) is 12.0 Å². The molecule has 0 spiro atoms. The zero-order valence-electron chi connectivity index (χ0n) is 15.0. The fourth-order valence-corrected chi connectivity index (χ4v) is 3.35. The van der Waals surface area contributed by atoms with Crippen LogP contribution in [0.15, 0.2) is 47.4 Å². The third-order valence-electron chi connectivity index (χ3n) is 4.41. The van der Waals surface area contributed by atoms with Crippen LogP contribution in [0.4, 0.5) is 0 Å². The SMILES string of the molecule is O=C(Cn1ncc(=O)c2ccccc21)NCc1cc(Cl)c2c(c1)OCCCO2. The van der Waals surface area contributed by atoms with Gasteiger partial charge in [-0.1, -0.05) is 23.7 Å². The minimum absolute atomic E-state index is 0.000915. The Morgan fingerprint density at radius 2 is 2.04 bits per heavy atom. The molecule has 0 radical (unpaired) electrons. The number of nitrogens with one attached hydrogen (secondary N) is 1. The molecular weight excluding hydrogens is 382 g/mol. The van der Waals surface area contributed by atoms with E-state index in [2.05, 4.69) is 10.4 Å². The van der Waals surface area contributed by atoms with Gasteiger partial charge in [0.25, 0.3) is 0 Å². The van der Waals surface area contributed by atoms with Crippen molar-refractivity contribution in [2.75, 3.05) is 13.2 Å². The van der Waals surface area contributed by atoms with E-state index in [9.17, 15) is 9.59 Å². The summed E-state index contributed by atoms with van der Waals surface area (Å²) in [6.07, 6.45) is 2.01. The molecular formula is C20H18ClN3O4. The van der Waals surface area contributed by atoms with Crippen LogP contribution in [0.3, 0.4) is 0 Å². The van der Waals surface area contributed by atoms with Crippen molar-refractivity contribution in [2.24, 2.45) is 0 Å². The number of hydrogen-bond donors (Lipinski definition) is 1. The molecule has 144 valence electrons. The Kier molecular flexibility index (Phi) is 5.16. The summed E-state index contributed by atoms with van der Waals surface area (Å²) in [4.78, 5) is 24.3. The molecule has 0 unspecified atom stereocenters. The van der Waals surface area contributed by atoms with Crippen molar-refractivity contribution in [3.63, 3.8) is 0 Å². The molecule has 2 heterocycles. The van der Waals surface area contributed by atoms with Gasteiger partial charge in [-0.25, -0.2) is 0 Å². The Bertz CT molecular complexity index is 1100. The summed E-state index contributed by atoms with van der Waals surface area (Å²) in [5.74, 6) is 0.894. The highest BCUT2D eigenvalue weighted by molar-refractivity contribution is 6.32. The fourth-order valence-electron chi connectivity index (χ4n) is 3.07. The van der Waals surface area contributed by atoms with E-state index in [4.69, 9.17) is 21.1 Å². The number of hydrogen-bond acceptors (Lipinski definition) is 5. The number of halogens is 1. The van der Waals surface area contributed by atoms with E-state index in [1.165, 1.54) is 10.9 Å². The highest BCUT2D eigenvalue weighted by Crippen LogP contribution is 2.37. The third kappa shape index (κ3) is 3.80. The average Bonchev–Trinajstić information content (AvgIpc) is 2.95. The van der Waals surface area contributed by atoms with Gasteiger partial charge in [-0.05, 0) is 29.8 Å². The maximum absolute atomic E-state index is 12.4. The van der Waals surface area contributed by atoms with E-state index < -0.39 is 0 Å². The summed E-state index contributed by atoms with van der Waals surface area (Å²) in [7, 11) is 0. The van der Waals surface area contributed by atoms with Gasteiger partial charge < -0.3 is 14.8 Å². The third-order valence-corrected chi connectivity index (χ3v) is 4.69. The molecule has 2 aromatic carbocycles. The molecule has 1 aromatic heterocycles. The number of nitrogens with zero attached hydrogens (tertiary/aromatic N) is 2. The fraction of sp³-hybridized carbons (Fsp3) is 0.250. The summed E-state index contributed by atoms with van der Waals surface area (Å²) >= 11 is 6.28. The van der Waals surface area contributed by atoms with Gasteiger partial charge in [0.05, 0.1) is 29.9 Å². The molecule has 0 aliphatic carbocycles. The summed E-state index contributed by atoms with van der Waals surface area (Å²) in [6, 6.07) is 10.6. The molecule has 4 rings (SSSR count). The molecule has 7 nitrogen and oxygen atoms in total. The minimum atomic E-state index is -0.232. The normalized spacial score (nSPS) is 13.2. The molecule has 1 amide bonds. The monoisotopic (exact) mass is 399 g/mol. The highest BCUT2D eigenvalue weighted by Gasteiger charge is 2.16. The lowest BCUT2D eigenvalue weighted by Gasteiger charge is -2.13. The van der Waals surface area contributed by atoms with Crippen LogP contribution in [0.25, 0.3) is 10.9 Å². The number of rotatable bonds is 4. The van der Waals surface area contributed by atoms with Gasteiger partial charge >= 0.3 is 0 Å². The summed E-state index contributed by atoms with van der Waals surface area (Å²) in [5.41, 5.74) is 1.25. The van der Waals surface area contributed by atoms with Crippen molar-refractivity contribution in [1.82, 2.24) is 15.1 Å². The van der Waals surface area contributed by atoms with Gasteiger partial charge in [0.2, 0.25) is 11.3 Å². The van der Waals surface area contributed by atoms with E-state index in [1.54, 1.807) is 30.3 Å². The number of para-hydroxylation sites is 1. The van der Waals surface area contributed by atoms with E-state index in [0.29, 0.717) is 40.6 Å². The lowest BCUT2D eigenvalue weighted by Crippen LogP contribution is -2.28. The maximum atomic E-state index is 12.4. The van der Waals surface area contributed by atoms with Crippen molar-refractivity contribution < 1.29 is 14.3 Å². The Hall–Kier alpha value is -3.06. The Morgan fingerprint density at radius 1 is 1.21 bits per heavy atom. The second kappa shape index (κ2) is 7.90. The van der Waals surface area contributed by atoms with Crippen molar-refractivity contribution in [3.05, 3.63) is 63.4 Å². The van der Waals surface area contributed by atoms with Crippen molar-refractivity contribution in [1.29, 1.82) is 0 Å². The first kappa shape index (κ1) is 18.3. The van der Waals surface area contributed by atoms with Crippen LogP contribution in [0.2, 0.25) is 5.02 Å². The molecule has 0 saturated carbocycles. The number of benzene rings is 2. The second-order valence-electron chi connectivity index (χ2n) is 6.42. The molecule has 0 atom stereocenters. The van der Waals surface area contributed by atoms with Crippen molar-refractivity contribution in [2.45, 2.75) is 19.5 Å². The Morgan fingerprint density at radius 3 is 2.93 bits per heavy atom. The van der Waals surface area contributed by atoms with Gasteiger partial charge in [-0.15, -0.1) is 0 Å². The van der Waals surface area contributed by atoms with Crippen LogP contribution >= 0.6 is 11.6 Å². The standard InChI is InChI=1S/C20H18ClN3O4/c21-15-8-13(9-18-20(15)28-7-3-6-27-18)10-22-19(26)12-24-16-5-2-1-4-14(16)17(25)11-23-24/h1-2,4-5,8-9,11H,3,6-7,10,12H2,(H,22,26).